The van der Waals surface area contributed by atoms with Gasteiger partial charge in [0.25, 0.3) is 5.91 Å². The zero-order valence-electron chi connectivity index (χ0n) is 18.1. The lowest BCUT2D eigenvalue weighted by Gasteiger charge is -2.44. The van der Waals surface area contributed by atoms with Crippen LogP contribution in [0, 0.1) is 6.92 Å². The Kier molecular flexibility index (Phi) is 5.34. The van der Waals surface area contributed by atoms with Crippen LogP contribution in [-0.2, 0) is 11.3 Å². The van der Waals surface area contributed by atoms with Gasteiger partial charge < -0.3 is 5.32 Å². The van der Waals surface area contributed by atoms with Crippen LogP contribution in [0.1, 0.15) is 48.7 Å². The van der Waals surface area contributed by atoms with E-state index in [0.29, 0.717) is 16.4 Å². The van der Waals surface area contributed by atoms with Crippen molar-refractivity contribution in [1.82, 2.24) is 15.1 Å². The van der Waals surface area contributed by atoms with Crippen molar-refractivity contribution in [3.05, 3.63) is 58.1 Å². The molecule has 1 aliphatic heterocycles. The number of amides is 2. The highest BCUT2D eigenvalue weighted by molar-refractivity contribution is 7.13. The highest BCUT2D eigenvalue weighted by Crippen LogP contribution is 2.37. The first-order valence-corrected chi connectivity index (χ1v) is 12.2. The van der Waals surface area contributed by atoms with Crippen LogP contribution in [0.4, 0.5) is 5.69 Å². The first-order valence-electron chi connectivity index (χ1n) is 10.9. The average molecular weight is 469 g/mol. The molecule has 2 aliphatic rings. The Morgan fingerprint density at radius 2 is 2.03 bits per heavy atom. The summed E-state index contributed by atoms with van der Waals surface area (Å²) < 4.78 is 1.68. The summed E-state index contributed by atoms with van der Waals surface area (Å²) >= 11 is 7.88. The van der Waals surface area contributed by atoms with Gasteiger partial charge in [0.1, 0.15) is 16.9 Å². The van der Waals surface area contributed by atoms with Crippen molar-refractivity contribution in [2.45, 2.75) is 57.7 Å². The zero-order valence-corrected chi connectivity index (χ0v) is 19.7. The molecule has 0 saturated heterocycles. The molecule has 1 aliphatic carbocycles. The van der Waals surface area contributed by atoms with Gasteiger partial charge in [-0.05, 0) is 61.9 Å². The first-order chi connectivity index (χ1) is 15.4. The summed E-state index contributed by atoms with van der Waals surface area (Å²) in [6.07, 6.45) is 4.18. The number of aromatic nitrogens is 2. The predicted molar refractivity (Wildman–Crippen MR) is 127 cm³/mol. The molecule has 5 rings (SSSR count). The fraction of sp³-hybridized carbons (Fsp3) is 0.375. The minimum Gasteiger partial charge on any atom is -0.351 e. The fourth-order valence-corrected chi connectivity index (χ4v) is 5.59. The van der Waals surface area contributed by atoms with E-state index < -0.39 is 5.54 Å². The Morgan fingerprint density at radius 1 is 1.25 bits per heavy atom. The van der Waals surface area contributed by atoms with Gasteiger partial charge in [-0.15, -0.1) is 11.3 Å². The lowest BCUT2D eigenvalue weighted by atomic mass is 9.92. The molecule has 6 nitrogen and oxygen atoms in total. The molecule has 1 aromatic carbocycles. The number of carbonyl (C=O) groups excluding carboxylic acids is 2. The van der Waals surface area contributed by atoms with Crippen molar-refractivity contribution >= 4 is 40.4 Å². The molecule has 0 unspecified atom stereocenters. The van der Waals surface area contributed by atoms with Crippen LogP contribution in [0.3, 0.4) is 0 Å². The number of rotatable bonds is 4. The summed E-state index contributed by atoms with van der Waals surface area (Å²) in [5, 5.41) is 10.4. The molecule has 0 radical (unpaired) electrons. The van der Waals surface area contributed by atoms with Gasteiger partial charge in [0.15, 0.2) is 0 Å². The first kappa shape index (κ1) is 21.2. The summed E-state index contributed by atoms with van der Waals surface area (Å²) in [4.78, 5) is 30.1. The van der Waals surface area contributed by atoms with Crippen LogP contribution in [0.25, 0.3) is 10.6 Å². The Bertz CT molecular complexity index is 1180. The van der Waals surface area contributed by atoms with Crippen LogP contribution in [0.5, 0.6) is 0 Å². The smallest absolute Gasteiger partial charge is 0.277 e. The van der Waals surface area contributed by atoms with Gasteiger partial charge in [0, 0.05) is 16.8 Å². The maximum atomic E-state index is 13.9. The predicted octanol–water partition coefficient (Wildman–Crippen LogP) is 5.05. The number of nitrogens with one attached hydrogen (secondary N) is 1. The monoisotopic (exact) mass is 468 g/mol. The zero-order chi connectivity index (χ0) is 22.5. The fourth-order valence-electron chi connectivity index (χ4n) is 4.74. The minimum absolute atomic E-state index is 0.150. The van der Waals surface area contributed by atoms with Crippen molar-refractivity contribution in [2.75, 3.05) is 4.90 Å². The maximum absolute atomic E-state index is 13.9. The van der Waals surface area contributed by atoms with Gasteiger partial charge in [0.2, 0.25) is 5.91 Å². The normalized spacial score (nSPS) is 21.1. The van der Waals surface area contributed by atoms with Crippen molar-refractivity contribution in [1.29, 1.82) is 0 Å². The van der Waals surface area contributed by atoms with Crippen LogP contribution in [0.2, 0.25) is 5.02 Å². The summed E-state index contributed by atoms with van der Waals surface area (Å²) in [7, 11) is 0. The van der Waals surface area contributed by atoms with Crippen LogP contribution in [-0.4, -0.2) is 33.2 Å². The number of halogens is 1. The maximum Gasteiger partial charge on any atom is 0.277 e. The van der Waals surface area contributed by atoms with E-state index in [4.69, 9.17) is 16.7 Å². The second kappa shape index (κ2) is 8.05. The van der Waals surface area contributed by atoms with E-state index in [1.807, 2.05) is 43.5 Å². The average Bonchev–Trinajstić information content (AvgIpc) is 3.51. The largest absolute Gasteiger partial charge is 0.351 e. The Labute approximate surface area is 196 Å². The summed E-state index contributed by atoms with van der Waals surface area (Å²) in [5.74, 6) is -0.406. The second-order valence-electron chi connectivity index (χ2n) is 8.85. The molecule has 166 valence electrons. The van der Waals surface area contributed by atoms with E-state index in [2.05, 4.69) is 5.32 Å². The number of aryl methyl sites for hydroxylation is 1. The van der Waals surface area contributed by atoms with E-state index in [1.54, 1.807) is 33.1 Å². The van der Waals surface area contributed by atoms with E-state index in [-0.39, 0.29) is 24.4 Å². The number of thiophene rings is 1. The quantitative estimate of drug-likeness (QED) is 0.582. The number of hydrogen-bond donors (Lipinski definition) is 1. The molecule has 0 bridgehead atoms. The third-order valence-electron chi connectivity index (χ3n) is 6.52. The van der Waals surface area contributed by atoms with Gasteiger partial charge in [-0.1, -0.05) is 36.6 Å². The molecule has 1 saturated carbocycles. The second-order valence-corrected chi connectivity index (χ2v) is 10.2. The highest BCUT2D eigenvalue weighted by Gasteiger charge is 2.49. The third-order valence-corrected chi connectivity index (χ3v) is 7.65. The van der Waals surface area contributed by atoms with Crippen molar-refractivity contribution in [3.8, 4) is 10.6 Å². The minimum atomic E-state index is -1.14. The van der Waals surface area contributed by atoms with Crippen LogP contribution in [0.15, 0.2) is 41.8 Å². The molecule has 0 spiro atoms. The standard InChI is InChI=1S/C24H25ClN4O2S/c1-15-9-10-16(25)12-19(15)29-22(30)20-13-18(21-8-5-11-32-21)27-28(20)14-24(29,2)23(31)26-17-6-3-4-7-17/h5,8-13,17H,3-4,6-7,14H2,1-2H3,(H,26,31)/t24-/m1/s1. The van der Waals surface area contributed by atoms with Gasteiger partial charge in [-0.25, -0.2) is 0 Å². The highest BCUT2D eigenvalue weighted by atomic mass is 35.5. The Hall–Kier alpha value is -2.64. The molecule has 32 heavy (non-hydrogen) atoms. The number of nitrogens with zero attached hydrogens (tertiary/aromatic N) is 3. The van der Waals surface area contributed by atoms with Crippen molar-refractivity contribution in [2.24, 2.45) is 0 Å². The molecule has 1 atom stereocenters. The lowest BCUT2D eigenvalue weighted by Crippen LogP contribution is -2.65. The molecule has 2 amide bonds. The number of carbonyl (C=O) groups is 2. The number of benzene rings is 1. The van der Waals surface area contributed by atoms with E-state index in [1.165, 1.54) is 0 Å². The number of hydrogen-bond acceptors (Lipinski definition) is 4. The third kappa shape index (κ3) is 3.53. The van der Waals surface area contributed by atoms with Crippen LogP contribution >= 0.6 is 22.9 Å². The summed E-state index contributed by atoms with van der Waals surface area (Å²) in [6.45, 7) is 4.02. The molecule has 1 fully saturated rings. The van der Waals surface area contributed by atoms with Crippen molar-refractivity contribution < 1.29 is 9.59 Å². The van der Waals surface area contributed by atoms with Gasteiger partial charge in [0.05, 0.1) is 11.4 Å². The molecule has 2 aromatic heterocycles. The van der Waals surface area contributed by atoms with Gasteiger partial charge in [-0.3, -0.25) is 19.2 Å². The molecule has 1 N–H and O–H groups in total. The Balaban J connectivity index is 1.61. The van der Waals surface area contributed by atoms with Gasteiger partial charge in [-0.2, -0.15) is 5.10 Å². The SMILES string of the molecule is Cc1ccc(Cl)cc1N1C(=O)c2cc(-c3cccs3)nn2C[C@]1(C)C(=O)NC1CCCC1. The Morgan fingerprint density at radius 3 is 2.75 bits per heavy atom. The summed E-state index contributed by atoms with van der Waals surface area (Å²) in [5.41, 5.74) is 1.61. The number of anilines is 1. The molecule has 3 aromatic rings. The van der Waals surface area contributed by atoms with E-state index >= 15 is 0 Å². The topological polar surface area (TPSA) is 67.2 Å². The molecule has 8 heteroatoms. The molecule has 3 heterocycles. The molecular formula is C24H25ClN4O2S. The molecular weight excluding hydrogens is 444 g/mol. The van der Waals surface area contributed by atoms with Crippen LogP contribution < -0.4 is 10.2 Å². The van der Waals surface area contributed by atoms with Crippen molar-refractivity contribution in [3.63, 3.8) is 0 Å². The number of fused-ring (bicyclic) bond motifs is 1. The van der Waals surface area contributed by atoms with E-state index in [0.717, 1.165) is 41.8 Å². The summed E-state index contributed by atoms with van der Waals surface area (Å²) in [6, 6.07) is 11.3. The van der Waals surface area contributed by atoms with Gasteiger partial charge >= 0.3 is 0 Å². The van der Waals surface area contributed by atoms with E-state index in [9.17, 15) is 9.59 Å². The lowest BCUT2D eigenvalue weighted by molar-refractivity contribution is -0.127.